The van der Waals surface area contributed by atoms with Gasteiger partial charge in [0.25, 0.3) is 0 Å². The average molecular weight is 834 g/mol. The standard InChI is InChI=1S/C33H19N4O.C11H8N.Ir/c1-3-10-21(11-4-1)22-18-19-24-25-15-9-16-27(31(25)38-29(24)20-22)33-34-32-30(37(33)23-12-5-2-6-13-23)26-14-7-8-17-28(26)35-36-32;1-2-6-10(7-3-1)11-8-4-5-9-12-11;/h1-15,17-20H;1-6,8-9H;/q2*-1;. The number of fused-ring (bicyclic) bond motifs is 6. The number of benzene rings is 6. The molecule has 0 aliphatic rings. The zero-order chi connectivity index (χ0) is 33.3. The molecule has 1 radical (unpaired) electrons. The molecule has 6 nitrogen and oxygen atoms in total. The van der Waals surface area contributed by atoms with Gasteiger partial charge in [-0.3, -0.25) is 4.98 Å². The number of rotatable bonds is 4. The summed E-state index contributed by atoms with van der Waals surface area (Å²) in [6.45, 7) is 0. The van der Waals surface area contributed by atoms with E-state index in [4.69, 9.17) is 9.40 Å². The van der Waals surface area contributed by atoms with Gasteiger partial charge >= 0.3 is 0 Å². The molecule has 0 bridgehead atoms. The van der Waals surface area contributed by atoms with E-state index in [1.807, 2.05) is 103 Å². The first-order valence-corrected chi connectivity index (χ1v) is 16.3. The van der Waals surface area contributed by atoms with Crippen LogP contribution in [-0.2, 0) is 20.1 Å². The van der Waals surface area contributed by atoms with E-state index in [9.17, 15) is 0 Å². The molecule has 0 aliphatic heterocycles. The molecule has 0 spiro atoms. The molecule has 0 atom stereocenters. The Labute approximate surface area is 307 Å². The first-order chi connectivity index (χ1) is 24.8. The first kappa shape index (κ1) is 32.0. The summed E-state index contributed by atoms with van der Waals surface area (Å²) >= 11 is 0. The summed E-state index contributed by atoms with van der Waals surface area (Å²) in [6.07, 6.45) is 1.79. The Morgan fingerprint density at radius 1 is 0.588 bits per heavy atom. The second kappa shape index (κ2) is 13.9. The fourth-order valence-corrected chi connectivity index (χ4v) is 6.37. The largest absolute Gasteiger partial charge is 0.501 e. The number of pyridine rings is 1. The van der Waals surface area contributed by atoms with Crippen LogP contribution < -0.4 is 0 Å². The van der Waals surface area contributed by atoms with Crippen molar-refractivity contribution in [3.63, 3.8) is 0 Å². The fraction of sp³-hybridized carbons (Fsp3) is 0. The van der Waals surface area contributed by atoms with E-state index in [2.05, 4.69) is 86.5 Å². The Kier molecular flexibility index (Phi) is 8.73. The van der Waals surface area contributed by atoms with E-state index in [-0.39, 0.29) is 20.1 Å². The number of aromatic nitrogens is 5. The van der Waals surface area contributed by atoms with E-state index in [0.717, 1.165) is 72.0 Å². The molecule has 10 rings (SSSR count). The van der Waals surface area contributed by atoms with Crippen LogP contribution in [0.15, 0.2) is 168 Å². The molecule has 4 aromatic heterocycles. The molecular weight excluding hydrogens is 807 g/mol. The quantitative estimate of drug-likeness (QED) is 0.165. The number of para-hydroxylation sites is 1. The molecule has 0 fully saturated rings. The smallest absolute Gasteiger partial charge is 0.191 e. The van der Waals surface area contributed by atoms with Crippen LogP contribution >= 0.6 is 0 Å². The third-order valence-electron chi connectivity index (χ3n) is 8.70. The van der Waals surface area contributed by atoms with Gasteiger partial charge in [-0.25, -0.2) is 0 Å². The van der Waals surface area contributed by atoms with Crippen molar-refractivity contribution in [3.05, 3.63) is 176 Å². The minimum Gasteiger partial charge on any atom is -0.501 e. The summed E-state index contributed by atoms with van der Waals surface area (Å²) in [6, 6.07) is 59.2. The predicted octanol–water partition coefficient (Wildman–Crippen LogP) is 10.5. The maximum atomic E-state index is 6.55. The Balaban J connectivity index is 0.000000245. The van der Waals surface area contributed by atoms with E-state index < -0.39 is 0 Å². The number of imidazole rings is 1. The van der Waals surface area contributed by atoms with Gasteiger partial charge in [0.05, 0.1) is 22.4 Å². The molecule has 0 N–H and O–H groups in total. The summed E-state index contributed by atoms with van der Waals surface area (Å²) in [5.41, 5.74) is 9.92. The molecule has 6 aromatic carbocycles. The second-order valence-corrected chi connectivity index (χ2v) is 11.8. The van der Waals surface area contributed by atoms with Gasteiger partial charge in [-0.15, -0.1) is 64.3 Å². The number of furan rings is 1. The van der Waals surface area contributed by atoms with Crippen molar-refractivity contribution in [3.8, 4) is 39.5 Å². The molecule has 7 heteroatoms. The van der Waals surface area contributed by atoms with Crippen molar-refractivity contribution in [2.45, 2.75) is 0 Å². The third kappa shape index (κ3) is 5.99. The van der Waals surface area contributed by atoms with Crippen LogP contribution in [0.25, 0.3) is 83.5 Å². The van der Waals surface area contributed by atoms with Crippen molar-refractivity contribution in [1.82, 2.24) is 24.7 Å². The minimum absolute atomic E-state index is 0. The zero-order valence-electron chi connectivity index (χ0n) is 27.1. The predicted molar refractivity (Wildman–Crippen MR) is 200 cm³/mol. The van der Waals surface area contributed by atoms with E-state index >= 15 is 0 Å². The van der Waals surface area contributed by atoms with Gasteiger partial charge in [0.2, 0.25) is 0 Å². The Morgan fingerprint density at radius 3 is 2.18 bits per heavy atom. The van der Waals surface area contributed by atoms with Gasteiger partial charge in [-0.05, 0) is 47.2 Å². The Morgan fingerprint density at radius 2 is 1.37 bits per heavy atom. The van der Waals surface area contributed by atoms with Gasteiger partial charge in [-0.1, -0.05) is 102 Å². The van der Waals surface area contributed by atoms with Gasteiger partial charge in [0.15, 0.2) is 5.65 Å². The Hall–Kier alpha value is -6.27. The number of hydrogen-bond acceptors (Lipinski definition) is 5. The first-order valence-electron chi connectivity index (χ1n) is 16.3. The second-order valence-electron chi connectivity index (χ2n) is 11.8. The maximum Gasteiger partial charge on any atom is 0.191 e. The summed E-state index contributed by atoms with van der Waals surface area (Å²) in [7, 11) is 0. The van der Waals surface area contributed by atoms with Gasteiger partial charge < -0.3 is 14.0 Å². The maximum absolute atomic E-state index is 6.55. The van der Waals surface area contributed by atoms with Crippen LogP contribution in [0.2, 0.25) is 0 Å². The summed E-state index contributed by atoms with van der Waals surface area (Å²) in [5.74, 6) is 0.713. The van der Waals surface area contributed by atoms with Crippen LogP contribution in [0.1, 0.15) is 0 Å². The SMILES string of the molecule is [Ir].[c-]1ccc2c(oc3cc(-c4ccccc4)ccc32)c1-c1nc2nnc3ccccc3c2n1-c1ccccc1.[c-]1ccccc1-c1ccccn1. The minimum atomic E-state index is 0. The normalized spacial score (nSPS) is 11.0. The van der Waals surface area contributed by atoms with Crippen LogP contribution in [0.5, 0.6) is 0 Å². The van der Waals surface area contributed by atoms with Gasteiger partial charge in [0, 0.05) is 42.8 Å². The van der Waals surface area contributed by atoms with Crippen LogP contribution in [0.4, 0.5) is 0 Å². The molecule has 0 amide bonds. The topological polar surface area (TPSA) is 69.6 Å². The van der Waals surface area contributed by atoms with Crippen LogP contribution in [-0.4, -0.2) is 24.7 Å². The van der Waals surface area contributed by atoms with Crippen LogP contribution in [0.3, 0.4) is 0 Å². The monoisotopic (exact) mass is 834 g/mol. The van der Waals surface area contributed by atoms with Gasteiger partial charge in [-0.2, -0.15) is 0 Å². The van der Waals surface area contributed by atoms with E-state index in [1.165, 1.54) is 0 Å². The summed E-state index contributed by atoms with van der Waals surface area (Å²) < 4.78 is 8.69. The Bertz CT molecular complexity index is 2710. The zero-order valence-corrected chi connectivity index (χ0v) is 29.5. The van der Waals surface area contributed by atoms with Crippen molar-refractivity contribution >= 4 is 44.0 Å². The average Bonchev–Trinajstić information content (AvgIpc) is 3.78. The molecule has 245 valence electrons. The molecular formula is C44H27IrN5O-2. The van der Waals surface area contributed by atoms with Crippen molar-refractivity contribution < 1.29 is 24.5 Å². The summed E-state index contributed by atoms with van der Waals surface area (Å²) in [5, 5.41) is 12.0. The molecule has 0 aliphatic carbocycles. The van der Waals surface area contributed by atoms with E-state index in [1.54, 1.807) is 6.20 Å². The van der Waals surface area contributed by atoms with Gasteiger partial charge in [0.1, 0.15) is 5.58 Å². The van der Waals surface area contributed by atoms with Crippen molar-refractivity contribution in [1.29, 1.82) is 0 Å². The molecule has 4 heterocycles. The van der Waals surface area contributed by atoms with Crippen molar-refractivity contribution in [2.75, 3.05) is 0 Å². The number of hydrogen-bond donors (Lipinski definition) is 0. The third-order valence-corrected chi connectivity index (χ3v) is 8.70. The molecule has 0 saturated heterocycles. The number of nitrogens with zero attached hydrogens (tertiary/aromatic N) is 5. The summed E-state index contributed by atoms with van der Waals surface area (Å²) in [4.78, 5) is 9.21. The van der Waals surface area contributed by atoms with Crippen molar-refractivity contribution in [2.24, 2.45) is 0 Å². The van der Waals surface area contributed by atoms with Crippen LogP contribution in [0, 0.1) is 12.1 Å². The van der Waals surface area contributed by atoms with E-state index in [0.29, 0.717) is 11.5 Å². The molecule has 51 heavy (non-hydrogen) atoms. The molecule has 0 saturated carbocycles. The molecule has 0 unspecified atom stereocenters. The molecule has 10 aromatic rings. The fourth-order valence-electron chi connectivity index (χ4n) is 6.37.